The van der Waals surface area contributed by atoms with E-state index in [4.69, 9.17) is 0 Å². The minimum Gasteiger partial charge on any atom is -0.503 e. The number of aryl methyl sites for hydroxylation is 1. The predicted molar refractivity (Wildman–Crippen MR) is 144 cm³/mol. The minimum atomic E-state index is -0.884. The number of benzene rings is 1. The third-order valence-electron chi connectivity index (χ3n) is 9.33. The average Bonchev–Trinajstić information content (AvgIpc) is 3.46. The Balaban J connectivity index is 1.28. The van der Waals surface area contributed by atoms with Crippen LogP contribution in [0.4, 0.5) is 8.78 Å². The SMILES string of the molecule is O=C(CCc1ccc(F)cc1F)c1cn2c(c(O)c1=O)C(=O)N1[C@H]3CCCC[C@H]3CN(CCN3CCCC3)[C@@H]1C2. The maximum Gasteiger partial charge on any atom is 0.276 e. The number of halogens is 2. The van der Waals surface area contributed by atoms with Crippen molar-refractivity contribution < 1.29 is 23.5 Å². The van der Waals surface area contributed by atoms with Gasteiger partial charge in [-0.05, 0) is 62.7 Å². The van der Waals surface area contributed by atoms with Crippen LogP contribution < -0.4 is 5.43 Å². The van der Waals surface area contributed by atoms with Gasteiger partial charge in [-0.1, -0.05) is 18.9 Å². The van der Waals surface area contributed by atoms with Gasteiger partial charge in [0.1, 0.15) is 17.8 Å². The molecule has 2 aromatic rings. The number of carbonyl (C=O) groups is 2. The Hall–Kier alpha value is -3.11. The van der Waals surface area contributed by atoms with E-state index in [1.165, 1.54) is 25.1 Å². The second kappa shape index (κ2) is 11.0. The highest BCUT2D eigenvalue weighted by Crippen LogP contribution is 2.39. The molecule has 4 heterocycles. The highest BCUT2D eigenvalue weighted by Gasteiger charge is 2.48. The molecule has 0 unspecified atom stereocenters. The fourth-order valence-corrected chi connectivity index (χ4v) is 7.22. The summed E-state index contributed by atoms with van der Waals surface area (Å²) >= 11 is 0. The van der Waals surface area contributed by atoms with Crippen molar-refractivity contribution in [1.82, 2.24) is 19.3 Å². The molecule has 1 aromatic heterocycles. The van der Waals surface area contributed by atoms with Crippen LogP contribution in [-0.2, 0) is 13.0 Å². The molecule has 4 aliphatic rings. The van der Waals surface area contributed by atoms with Crippen molar-refractivity contribution in [3.05, 3.63) is 63.1 Å². The van der Waals surface area contributed by atoms with Gasteiger partial charge >= 0.3 is 0 Å². The summed E-state index contributed by atoms with van der Waals surface area (Å²) in [5, 5.41) is 10.9. The molecule has 8 nitrogen and oxygen atoms in total. The second-order valence-electron chi connectivity index (χ2n) is 11.7. The first-order valence-electron chi connectivity index (χ1n) is 14.5. The smallest absolute Gasteiger partial charge is 0.276 e. The first-order valence-corrected chi connectivity index (χ1v) is 14.5. The number of Topliss-reactive ketones (excluding diaryl/α,β-unsaturated/α-hetero) is 1. The Morgan fingerprint density at radius 2 is 1.77 bits per heavy atom. The van der Waals surface area contributed by atoms with Crippen molar-refractivity contribution >= 4 is 11.7 Å². The summed E-state index contributed by atoms with van der Waals surface area (Å²) < 4.78 is 28.9. The molecule has 3 fully saturated rings. The summed E-state index contributed by atoms with van der Waals surface area (Å²) in [6.45, 7) is 5.21. The van der Waals surface area contributed by atoms with E-state index in [0.29, 0.717) is 12.5 Å². The Kier molecular flexibility index (Phi) is 7.48. The number of nitrogens with zero attached hydrogens (tertiary/aromatic N) is 4. The van der Waals surface area contributed by atoms with Crippen LogP contribution in [0.3, 0.4) is 0 Å². The van der Waals surface area contributed by atoms with Crippen LogP contribution in [0.15, 0.2) is 29.2 Å². The Bertz CT molecular complexity index is 1370. The van der Waals surface area contributed by atoms with E-state index < -0.39 is 28.6 Å². The summed E-state index contributed by atoms with van der Waals surface area (Å²) in [6, 6.07) is 3.23. The molecule has 6 rings (SSSR count). The molecule has 1 amide bonds. The number of rotatable bonds is 7. The quantitative estimate of drug-likeness (QED) is 0.528. The van der Waals surface area contributed by atoms with Gasteiger partial charge in [0, 0.05) is 44.4 Å². The topological polar surface area (TPSA) is 86.1 Å². The molecule has 1 aromatic carbocycles. The van der Waals surface area contributed by atoms with Gasteiger partial charge in [-0.25, -0.2) is 8.78 Å². The number of fused-ring (bicyclic) bond motifs is 4. The molecule has 0 spiro atoms. The number of aromatic nitrogens is 1. The molecule has 1 N–H and O–H groups in total. The molecule has 0 radical (unpaired) electrons. The molecule has 1 saturated carbocycles. The van der Waals surface area contributed by atoms with Crippen molar-refractivity contribution in [2.75, 3.05) is 32.7 Å². The summed E-state index contributed by atoms with van der Waals surface area (Å²) in [7, 11) is 0. The standard InChI is InChI=1S/C30H36F2N4O4/c31-21-9-7-19(23(32)15-21)8-10-25(37)22-17-35-18-26-34(14-13-33-11-3-4-12-33)16-20-5-1-2-6-24(20)36(26)30(40)27(35)29(39)28(22)38/h7,9,15,17,20,24,26,39H,1-6,8,10-14,16,18H2/t20-,24-,26-/m0/s1. The number of hydrogen-bond acceptors (Lipinski definition) is 6. The predicted octanol–water partition coefficient (Wildman–Crippen LogP) is 3.40. The lowest BCUT2D eigenvalue weighted by Crippen LogP contribution is -2.68. The van der Waals surface area contributed by atoms with Crippen LogP contribution in [0.5, 0.6) is 5.75 Å². The van der Waals surface area contributed by atoms with Crippen LogP contribution in [-0.4, -0.2) is 81.0 Å². The Morgan fingerprint density at radius 1 is 1.00 bits per heavy atom. The van der Waals surface area contributed by atoms with Crippen LogP contribution >= 0.6 is 0 Å². The summed E-state index contributed by atoms with van der Waals surface area (Å²) in [5.41, 5.74) is -1.00. The lowest BCUT2D eigenvalue weighted by Gasteiger charge is -2.55. The van der Waals surface area contributed by atoms with E-state index in [2.05, 4.69) is 9.80 Å². The van der Waals surface area contributed by atoms with Gasteiger partial charge < -0.3 is 19.5 Å². The lowest BCUT2D eigenvalue weighted by atomic mass is 9.80. The van der Waals surface area contributed by atoms with E-state index in [9.17, 15) is 28.3 Å². The highest BCUT2D eigenvalue weighted by atomic mass is 19.1. The van der Waals surface area contributed by atoms with Gasteiger partial charge in [-0.15, -0.1) is 0 Å². The highest BCUT2D eigenvalue weighted by molar-refractivity contribution is 6.00. The molecule has 214 valence electrons. The molecular weight excluding hydrogens is 518 g/mol. The normalized spacial score (nSPS) is 25.0. The molecule has 3 aliphatic heterocycles. The second-order valence-corrected chi connectivity index (χ2v) is 11.7. The number of ketones is 1. The molecule has 1 aliphatic carbocycles. The van der Waals surface area contributed by atoms with E-state index in [1.807, 2.05) is 4.90 Å². The Labute approximate surface area is 232 Å². The van der Waals surface area contributed by atoms with Crippen LogP contribution in [0, 0.1) is 17.6 Å². The van der Waals surface area contributed by atoms with E-state index >= 15 is 0 Å². The molecule has 10 heteroatoms. The third kappa shape index (κ3) is 4.96. The van der Waals surface area contributed by atoms with Crippen LogP contribution in [0.2, 0.25) is 0 Å². The number of carbonyl (C=O) groups excluding carboxylic acids is 2. The van der Waals surface area contributed by atoms with Crippen LogP contribution in [0.25, 0.3) is 0 Å². The number of hydrogen-bond donors (Lipinski definition) is 1. The lowest BCUT2D eigenvalue weighted by molar-refractivity contribution is -0.0751. The van der Waals surface area contributed by atoms with Gasteiger partial charge in [0.15, 0.2) is 17.2 Å². The van der Waals surface area contributed by atoms with Gasteiger partial charge in [0.2, 0.25) is 5.43 Å². The first kappa shape index (κ1) is 27.1. The fourth-order valence-electron chi connectivity index (χ4n) is 7.22. The van der Waals surface area contributed by atoms with E-state index in [-0.39, 0.29) is 47.8 Å². The fraction of sp³-hybridized carbons (Fsp3) is 0.567. The molecule has 0 bridgehead atoms. The maximum absolute atomic E-state index is 14.1. The van der Waals surface area contributed by atoms with Gasteiger partial charge in [0.05, 0.1) is 12.1 Å². The molecule has 2 saturated heterocycles. The van der Waals surface area contributed by atoms with Crippen molar-refractivity contribution in [3.8, 4) is 5.75 Å². The maximum atomic E-state index is 14.1. The third-order valence-corrected chi connectivity index (χ3v) is 9.33. The van der Waals surface area contributed by atoms with E-state index in [1.54, 1.807) is 4.57 Å². The molecular formula is C30H36F2N4O4. The van der Waals surface area contributed by atoms with Crippen molar-refractivity contribution in [1.29, 1.82) is 0 Å². The average molecular weight is 555 g/mol. The monoisotopic (exact) mass is 554 g/mol. The van der Waals surface area contributed by atoms with Crippen molar-refractivity contribution in [2.45, 2.75) is 70.1 Å². The zero-order chi connectivity index (χ0) is 28.0. The number of aromatic hydroxyl groups is 1. The minimum absolute atomic E-state index is 0.0183. The van der Waals surface area contributed by atoms with Gasteiger partial charge in [-0.2, -0.15) is 0 Å². The summed E-state index contributed by atoms with van der Waals surface area (Å²) in [6.07, 6.45) is 7.54. The Morgan fingerprint density at radius 3 is 2.55 bits per heavy atom. The number of likely N-dealkylation sites (tertiary alicyclic amines) is 1. The number of pyridine rings is 1. The van der Waals surface area contributed by atoms with Gasteiger partial charge in [0.25, 0.3) is 5.91 Å². The zero-order valence-corrected chi connectivity index (χ0v) is 22.7. The van der Waals surface area contributed by atoms with Crippen molar-refractivity contribution in [2.24, 2.45) is 5.92 Å². The first-order chi connectivity index (χ1) is 19.3. The summed E-state index contributed by atoms with van der Waals surface area (Å²) in [4.78, 5) is 46.9. The summed E-state index contributed by atoms with van der Waals surface area (Å²) in [5.74, 6) is -2.72. The molecule has 3 atom stereocenters. The van der Waals surface area contributed by atoms with E-state index in [0.717, 1.165) is 70.5 Å². The molecule has 40 heavy (non-hydrogen) atoms. The van der Waals surface area contributed by atoms with Crippen LogP contribution in [0.1, 0.15) is 71.4 Å². The largest absolute Gasteiger partial charge is 0.503 e. The number of amides is 1. The van der Waals surface area contributed by atoms with Gasteiger partial charge in [-0.3, -0.25) is 19.3 Å². The zero-order valence-electron chi connectivity index (χ0n) is 22.7. The van der Waals surface area contributed by atoms with Crippen molar-refractivity contribution in [3.63, 3.8) is 0 Å².